The zero-order valence-corrected chi connectivity index (χ0v) is 19.7. The van der Waals surface area contributed by atoms with Gasteiger partial charge in [0.25, 0.3) is 0 Å². The predicted octanol–water partition coefficient (Wildman–Crippen LogP) is 1.91. The van der Waals surface area contributed by atoms with Crippen LogP contribution in [0.2, 0.25) is 0 Å². The van der Waals surface area contributed by atoms with E-state index >= 15 is 0 Å². The minimum Gasteiger partial charge on any atom is -0.363 e. The Morgan fingerprint density at radius 1 is 1.16 bits per heavy atom. The average molecular weight is 446 g/mol. The van der Waals surface area contributed by atoms with E-state index in [1.807, 2.05) is 25.1 Å². The number of nitrogens with zero attached hydrogens (tertiary/aromatic N) is 5. The van der Waals surface area contributed by atoms with Crippen LogP contribution in [-0.2, 0) is 27.6 Å². The van der Waals surface area contributed by atoms with Gasteiger partial charge < -0.3 is 9.80 Å². The van der Waals surface area contributed by atoms with E-state index in [0.717, 1.165) is 42.3 Å². The molecule has 0 unspecified atom stereocenters. The van der Waals surface area contributed by atoms with Crippen LogP contribution in [0.25, 0.3) is 0 Å². The molecule has 9 heteroatoms. The molecule has 1 aliphatic rings. The number of benzene rings is 1. The van der Waals surface area contributed by atoms with Gasteiger partial charge >= 0.3 is 0 Å². The molecule has 0 saturated carbocycles. The number of anilines is 1. The molecule has 1 saturated heterocycles. The number of likely N-dealkylation sites (tertiary alicyclic amines) is 1. The van der Waals surface area contributed by atoms with E-state index in [1.54, 1.807) is 24.1 Å². The highest BCUT2D eigenvalue weighted by Crippen LogP contribution is 2.29. The first kappa shape index (κ1) is 23.1. The highest BCUT2D eigenvalue weighted by molar-refractivity contribution is 7.90. The summed E-state index contributed by atoms with van der Waals surface area (Å²) >= 11 is 0. The van der Waals surface area contributed by atoms with Crippen LogP contribution in [0.15, 0.2) is 35.2 Å². The second-order valence-electron chi connectivity index (χ2n) is 8.45. The molecule has 0 spiro atoms. The van der Waals surface area contributed by atoms with Gasteiger partial charge in [-0.1, -0.05) is 12.1 Å². The van der Waals surface area contributed by atoms with Crippen LogP contribution in [0, 0.1) is 0 Å². The number of carbonyl (C=O) groups excluding carboxylic acids is 1. The summed E-state index contributed by atoms with van der Waals surface area (Å²) in [5.41, 5.74) is 1.58. The third kappa shape index (κ3) is 5.80. The van der Waals surface area contributed by atoms with E-state index in [0.29, 0.717) is 6.54 Å². The lowest BCUT2D eigenvalue weighted by molar-refractivity contribution is -0.129. The Labute approximate surface area is 184 Å². The monoisotopic (exact) mass is 445 g/mol. The Bertz CT molecular complexity index is 1040. The van der Waals surface area contributed by atoms with Crippen LogP contribution < -0.4 is 4.90 Å². The summed E-state index contributed by atoms with van der Waals surface area (Å²) in [7, 11) is 4.49. The van der Waals surface area contributed by atoms with Gasteiger partial charge in [-0.3, -0.25) is 9.69 Å². The molecule has 0 aliphatic carbocycles. The zero-order valence-electron chi connectivity index (χ0n) is 18.9. The summed E-state index contributed by atoms with van der Waals surface area (Å²) < 4.78 is 23.2. The van der Waals surface area contributed by atoms with Crippen molar-refractivity contribution in [1.82, 2.24) is 19.8 Å². The number of hydrogen-bond donors (Lipinski definition) is 0. The Balaban J connectivity index is 1.73. The summed E-state index contributed by atoms with van der Waals surface area (Å²) in [6.45, 7) is 1.42. The molecule has 168 valence electrons. The molecule has 0 N–H and O–H groups in total. The Kier molecular flexibility index (Phi) is 6.96. The number of carbonyl (C=O) groups is 1. The van der Waals surface area contributed by atoms with Gasteiger partial charge in [0.2, 0.25) is 5.91 Å². The number of hydrogen-bond acceptors (Lipinski definition) is 7. The topological polar surface area (TPSA) is 86.7 Å². The van der Waals surface area contributed by atoms with Crippen LogP contribution in [-0.4, -0.2) is 75.1 Å². The fourth-order valence-corrected chi connectivity index (χ4v) is 4.32. The standard InChI is InChI=1S/C22H31N5O3S/c1-25(2)20-14-17(23-22(24-20)19-7-6-12-26(19)3)15-27(4)21(28)13-16-8-10-18(11-9-16)31(5,29)30/h8-11,14,19H,6-7,12-13,15H2,1-5H3/t19-/m1/s1. The summed E-state index contributed by atoms with van der Waals surface area (Å²) in [4.78, 5) is 28.4. The molecule has 1 amide bonds. The van der Waals surface area contributed by atoms with Crippen molar-refractivity contribution in [1.29, 1.82) is 0 Å². The Hall–Kier alpha value is -2.52. The first-order valence-corrected chi connectivity index (χ1v) is 12.2. The quantitative estimate of drug-likeness (QED) is 0.643. The summed E-state index contributed by atoms with van der Waals surface area (Å²) in [6.07, 6.45) is 3.53. The lowest BCUT2D eigenvalue weighted by atomic mass is 10.1. The van der Waals surface area contributed by atoms with Crippen LogP contribution in [0.4, 0.5) is 5.82 Å². The molecule has 0 radical (unpaired) electrons. The van der Waals surface area contributed by atoms with E-state index < -0.39 is 9.84 Å². The van der Waals surface area contributed by atoms with Gasteiger partial charge in [-0.15, -0.1) is 0 Å². The summed E-state index contributed by atoms with van der Waals surface area (Å²) in [5, 5.41) is 0. The third-order valence-corrected chi connectivity index (χ3v) is 6.72. The maximum Gasteiger partial charge on any atom is 0.227 e. The lowest BCUT2D eigenvalue weighted by Gasteiger charge is -2.23. The van der Waals surface area contributed by atoms with Crippen LogP contribution >= 0.6 is 0 Å². The van der Waals surface area contributed by atoms with Crippen molar-refractivity contribution in [3.05, 3.63) is 47.4 Å². The first-order chi connectivity index (χ1) is 14.5. The highest BCUT2D eigenvalue weighted by Gasteiger charge is 2.26. The molecule has 1 fully saturated rings. The van der Waals surface area contributed by atoms with Gasteiger partial charge in [-0.05, 0) is 44.1 Å². The van der Waals surface area contributed by atoms with E-state index in [2.05, 4.69) is 11.9 Å². The smallest absolute Gasteiger partial charge is 0.227 e. The number of sulfone groups is 1. The molecular weight excluding hydrogens is 414 g/mol. The minimum atomic E-state index is -3.25. The minimum absolute atomic E-state index is 0.0587. The molecule has 2 heterocycles. The largest absolute Gasteiger partial charge is 0.363 e. The molecule has 1 aromatic heterocycles. The number of amides is 1. The molecule has 1 aromatic carbocycles. The van der Waals surface area contributed by atoms with Crippen molar-refractivity contribution < 1.29 is 13.2 Å². The van der Waals surface area contributed by atoms with E-state index in [1.165, 1.54) is 18.4 Å². The maximum atomic E-state index is 12.8. The second-order valence-corrected chi connectivity index (χ2v) is 10.5. The van der Waals surface area contributed by atoms with Gasteiger partial charge in [0.1, 0.15) is 11.6 Å². The Morgan fingerprint density at radius 3 is 2.39 bits per heavy atom. The fraction of sp³-hybridized carbons (Fsp3) is 0.500. The number of aromatic nitrogens is 2. The summed E-state index contributed by atoms with van der Waals surface area (Å²) in [6, 6.07) is 8.57. The van der Waals surface area contributed by atoms with Crippen LogP contribution in [0.1, 0.15) is 36.0 Å². The molecular formula is C22H31N5O3S. The SMILES string of the molecule is CN(Cc1cc(N(C)C)nc([C@H]2CCCN2C)n1)C(=O)Cc1ccc(S(C)(=O)=O)cc1. The number of rotatable bonds is 7. The predicted molar refractivity (Wildman–Crippen MR) is 121 cm³/mol. The Morgan fingerprint density at radius 2 is 1.84 bits per heavy atom. The average Bonchev–Trinajstić information content (AvgIpc) is 3.13. The van der Waals surface area contributed by atoms with Crippen molar-refractivity contribution in [3.63, 3.8) is 0 Å². The molecule has 1 atom stereocenters. The molecule has 1 aliphatic heterocycles. The highest BCUT2D eigenvalue weighted by atomic mass is 32.2. The third-order valence-electron chi connectivity index (χ3n) is 5.59. The van der Waals surface area contributed by atoms with Gasteiger partial charge in [0.15, 0.2) is 9.84 Å². The zero-order chi connectivity index (χ0) is 22.8. The molecule has 31 heavy (non-hydrogen) atoms. The van der Waals surface area contributed by atoms with Crippen molar-refractivity contribution in [2.75, 3.05) is 45.9 Å². The molecule has 3 rings (SSSR count). The van der Waals surface area contributed by atoms with E-state index in [9.17, 15) is 13.2 Å². The van der Waals surface area contributed by atoms with Crippen LogP contribution in [0.5, 0.6) is 0 Å². The van der Waals surface area contributed by atoms with E-state index in [-0.39, 0.29) is 23.3 Å². The van der Waals surface area contributed by atoms with Gasteiger partial charge in [0, 0.05) is 33.5 Å². The molecule has 0 bridgehead atoms. The second kappa shape index (κ2) is 9.32. The van der Waals surface area contributed by atoms with Crippen molar-refractivity contribution in [3.8, 4) is 0 Å². The lowest BCUT2D eigenvalue weighted by Crippen LogP contribution is -2.29. The van der Waals surface area contributed by atoms with Crippen molar-refractivity contribution in [2.24, 2.45) is 0 Å². The van der Waals surface area contributed by atoms with Gasteiger partial charge in [-0.25, -0.2) is 18.4 Å². The number of likely N-dealkylation sites (N-methyl/N-ethyl adjacent to an activating group) is 1. The van der Waals surface area contributed by atoms with E-state index in [4.69, 9.17) is 9.97 Å². The van der Waals surface area contributed by atoms with Crippen molar-refractivity contribution >= 4 is 21.6 Å². The van der Waals surface area contributed by atoms with Crippen LogP contribution in [0.3, 0.4) is 0 Å². The summed E-state index contributed by atoms with van der Waals surface area (Å²) in [5.74, 6) is 1.58. The van der Waals surface area contributed by atoms with Crippen molar-refractivity contribution in [2.45, 2.75) is 36.7 Å². The maximum absolute atomic E-state index is 12.8. The van der Waals surface area contributed by atoms with Gasteiger partial charge in [0.05, 0.1) is 29.6 Å². The normalized spacial score (nSPS) is 17.0. The molecule has 8 nitrogen and oxygen atoms in total. The first-order valence-electron chi connectivity index (χ1n) is 10.3. The molecule has 2 aromatic rings. The fourth-order valence-electron chi connectivity index (χ4n) is 3.69. The van der Waals surface area contributed by atoms with Gasteiger partial charge in [-0.2, -0.15) is 0 Å².